The van der Waals surface area contributed by atoms with Crippen molar-refractivity contribution >= 4 is 21.6 Å². The van der Waals surface area contributed by atoms with E-state index in [2.05, 4.69) is 35.4 Å². The summed E-state index contributed by atoms with van der Waals surface area (Å²) in [6.07, 6.45) is 6.97. The van der Waals surface area contributed by atoms with Crippen molar-refractivity contribution in [3.63, 3.8) is 0 Å². The summed E-state index contributed by atoms with van der Waals surface area (Å²) in [6.45, 7) is 0. The van der Waals surface area contributed by atoms with Crippen LogP contribution in [0.4, 0.5) is 0 Å². The predicted molar refractivity (Wildman–Crippen MR) is 80.0 cm³/mol. The minimum absolute atomic E-state index is 0.363. The maximum atomic E-state index is 6.20. The smallest absolute Gasteiger partial charge is 0.131 e. The van der Waals surface area contributed by atoms with Crippen LogP contribution >= 0.6 is 11.3 Å². The van der Waals surface area contributed by atoms with Crippen LogP contribution in [0.15, 0.2) is 23.7 Å². The molecule has 0 unspecified atom stereocenters. The van der Waals surface area contributed by atoms with Gasteiger partial charge in [0.05, 0.1) is 11.5 Å². The highest BCUT2D eigenvalue weighted by molar-refractivity contribution is 7.16. The van der Waals surface area contributed by atoms with Gasteiger partial charge in [0, 0.05) is 12.2 Å². The van der Waals surface area contributed by atoms with Gasteiger partial charge < -0.3 is 9.64 Å². The van der Waals surface area contributed by atoms with Crippen LogP contribution < -0.4 is 4.74 Å². The van der Waals surface area contributed by atoms with Crippen LogP contribution in [0.3, 0.4) is 0 Å². The van der Waals surface area contributed by atoms with Gasteiger partial charge in [0.1, 0.15) is 10.6 Å². The van der Waals surface area contributed by atoms with Gasteiger partial charge >= 0.3 is 0 Å². The van der Waals surface area contributed by atoms with E-state index in [1.165, 1.54) is 12.8 Å². The summed E-state index contributed by atoms with van der Waals surface area (Å²) in [4.78, 5) is 7.76. The number of pyridine rings is 1. The Morgan fingerprint density at radius 3 is 2.74 bits per heavy atom. The normalized spacial score (nSPS) is 23.9. The first kappa shape index (κ1) is 12.9. The average molecular weight is 276 g/mol. The topological polar surface area (TPSA) is 25.4 Å². The third kappa shape index (κ3) is 2.74. The molecule has 0 saturated heterocycles. The van der Waals surface area contributed by atoms with Crippen LogP contribution in [0.2, 0.25) is 0 Å². The lowest BCUT2D eigenvalue weighted by Gasteiger charge is -2.32. The van der Waals surface area contributed by atoms with Gasteiger partial charge in [-0.2, -0.15) is 0 Å². The molecule has 102 valence electrons. The third-order valence-corrected chi connectivity index (χ3v) is 4.82. The highest BCUT2D eigenvalue weighted by atomic mass is 32.1. The molecule has 1 aliphatic rings. The largest absolute Gasteiger partial charge is 0.490 e. The lowest BCUT2D eigenvalue weighted by atomic mass is 9.92. The Balaban J connectivity index is 1.68. The molecule has 2 aromatic heterocycles. The number of fused-ring (bicyclic) bond motifs is 1. The summed E-state index contributed by atoms with van der Waals surface area (Å²) in [7, 11) is 4.34. The summed E-state index contributed by atoms with van der Waals surface area (Å²) >= 11 is 1.67. The van der Waals surface area contributed by atoms with E-state index < -0.39 is 0 Å². The van der Waals surface area contributed by atoms with Gasteiger partial charge in [-0.15, -0.1) is 11.3 Å². The fraction of sp³-hybridized carbons (Fsp3) is 0.533. The van der Waals surface area contributed by atoms with E-state index in [4.69, 9.17) is 4.74 Å². The van der Waals surface area contributed by atoms with E-state index in [9.17, 15) is 0 Å². The molecule has 1 fully saturated rings. The minimum atomic E-state index is 0.363. The summed E-state index contributed by atoms with van der Waals surface area (Å²) in [5, 5.41) is 3.23. The number of aromatic nitrogens is 1. The molecular formula is C15H20N2OS. The molecule has 0 radical (unpaired) electrons. The first-order valence-corrected chi connectivity index (χ1v) is 7.77. The maximum absolute atomic E-state index is 6.20. The molecule has 3 nitrogen and oxygen atoms in total. The quantitative estimate of drug-likeness (QED) is 0.857. The van der Waals surface area contributed by atoms with Gasteiger partial charge in [-0.3, -0.25) is 0 Å². The van der Waals surface area contributed by atoms with Crippen molar-refractivity contribution in [1.82, 2.24) is 9.88 Å². The van der Waals surface area contributed by atoms with Crippen molar-refractivity contribution in [3.05, 3.63) is 23.7 Å². The summed E-state index contributed by atoms with van der Waals surface area (Å²) < 4.78 is 6.20. The molecule has 19 heavy (non-hydrogen) atoms. The highest BCUT2D eigenvalue weighted by Crippen LogP contribution is 2.31. The number of hydrogen-bond acceptors (Lipinski definition) is 4. The van der Waals surface area contributed by atoms with Gasteiger partial charge in [-0.25, -0.2) is 4.98 Å². The van der Waals surface area contributed by atoms with Crippen LogP contribution in [0.1, 0.15) is 25.7 Å². The molecule has 3 rings (SSSR count). The van der Waals surface area contributed by atoms with E-state index in [0.29, 0.717) is 6.10 Å². The zero-order valence-electron chi connectivity index (χ0n) is 11.5. The Morgan fingerprint density at radius 2 is 2.00 bits per heavy atom. The van der Waals surface area contributed by atoms with E-state index >= 15 is 0 Å². The van der Waals surface area contributed by atoms with Crippen LogP contribution in [0, 0.1) is 0 Å². The molecule has 1 saturated carbocycles. The molecule has 0 aromatic carbocycles. The number of rotatable bonds is 3. The van der Waals surface area contributed by atoms with Crippen molar-refractivity contribution < 1.29 is 4.74 Å². The lowest BCUT2D eigenvalue weighted by molar-refractivity contribution is 0.112. The molecule has 2 aromatic rings. The predicted octanol–water partition coefficient (Wildman–Crippen LogP) is 3.55. The summed E-state index contributed by atoms with van der Waals surface area (Å²) in [5.41, 5.74) is 0. The molecule has 1 aliphatic carbocycles. The van der Waals surface area contributed by atoms with Gasteiger partial charge in [-0.1, -0.05) is 0 Å². The van der Waals surface area contributed by atoms with Crippen LogP contribution in [-0.2, 0) is 0 Å². The molecule has 4 heteroatoms. The standard InChI is InChI=1S/C15H20N2OS/c1-17(2)11-3-5-12(6-4-11)18-14-7-9-16-15-13(14)8-10-19-15/h7-12H,3-6H2,1-2H3/t11-,12-. The average Bonchev–Trinajstić information content (AvgIpc) is 2.89. The zero-order chi connectivity index (χ0) is 13.2. The maximum Gasteiger partial charge on any atom is 0.131 e. The lowest BCUT2D eigenvalue weighted by Crippen LogP contribution is -2.35. The molecule has 0 aliphatic heterocycles. The fourth-order valence-corrected chi connectivity index (χ4v) is 3.56. The van der Waals surface area contributed by atoms with Crippen molar-refractivity contribution in [2.75, 3.05) is 14.1 Å². The van der Waals surface area contributed by atoms with Gasteiger partial charge in [0.2, 0.25) is 0 Å². The van der Waals surface area contributed by atoms with E-state index in [-0.39, 0.29) is 0 Å². The number of hydrogen-bond donors (Lipinski definition) is 0. The Labute approximate surface area is 118 Å². The van der Waals surface area contributed by atoms with E-state index in [1.54, 1.807) is 11.3 Å². The van der Waals surface area contributed by atoms with Crippen LogP contribution in [0.5, 0.6) is 5.75 Å². The van der Waals surface area contributed by atoms with E-state index in [1.807, 2.05) is 12.3 Å². The second kappa shape index (κ2) is 5.47. The van der Waals surface area contributed by atoms with Gasteiger partial charge in [0.15, 0.2) is 0 Å². The SMILES string of the molecule is CN(C)[C@H]1CC[C@H](Oc2ccnc3sccc23)CC1. The fourth-order valence-electron chi connectivity index (χ4n) is 2.81. The van der Waals surface area contributed by atoms with Crippen molar-refractivity contribution in [3.8, 4) is 5.75 Å². The van der Waals surface area contributed by atoms with E-state index in [0.717, 1.165) is 34.8 Å². The zero-order valence-corrected chi connectivity index (χ0v) is 12.3. The van der Waals surface area contributed by atoms with Gasteiger partial charge in [0.25, 0.3) is 0 Å². The third-order valence-electron chi connectivity index (χ3n) is 4.00. The molecule has 0 atom stereocenters. The van der Waals surface area contributed by atoms with Crippen molar-refractivity contribution in [2.24, 2.45) is 0 Å². The second-order valence-corrected chi connectivity index (χ2v) is 6.36. The number of nitrogens with zero attached hydrogens (tertiary/aromatic N) is 2. The van der Waals surface area contributed by atoms with Crippen molar-refractivity contribution in [1.29, 1.82) is 0 Å². The Kier molecular flexibility index (Phi) is 3.71. The Hall–Kier alpha value is -1.13. The Morgan fingerprint density at radius 1 is 1.21 bits per heavy atom. The van der Waals surface area contributed by atoms with Gasteiger partial charge in [-0.05, 0) is 57.3 Å². The first-order chi connectivity index (χ1) is 9.24. The molecule has 2 heterocycles. The molecule has 0 N–H and O–H groups in total. The summed E-state index contributed by atoms with van der Waals surface area (Å²) in [6, 6.07) is 4.82. The highest BCUT2D eigenvalue weighted by Gasteiger charge is 2.24. The molecule has 0 bridgehead atoms. The monoisotopic (exact) mass is 276 g/mol. The molecule has 0 amide bonds. The second-order valence-electron chi connectivity index (χ2n) is 5.46. The number of thiophene rings is 1. The van der Waals surface area contributed by atoms with Crippen LogP contribution in [0.25, 0.3) is 10.2 Å². The van der Waals surface area contributed by atoms with Crippen molar-refractivity contribution in [2.45, 2.75) is 37.8 Å². The first-order valence-electron chi connectivity index (χ1n) is 6.89. The van der Waals surface area contributed by atoms with Crippen LogP contribution in [-0.4, -0.2) is 36.1 Å². The summed E-state index contributed by atoms with van der Waals surface area (Å²) in [5.74, 6) is 1.000. The molecule has 0 spiro atoms. The molecular weight excluding hydrogens is 256 g/mol. The Bertz CT molecular complexity index is 544. The number of ether oxygens (including phenoxy) is 1. The minimum Gasteiger partial charge on any atom is -0.490 e.